The Morgan fingerprint density at radius 3 is 2.95 bits per heavy atom. The summed E-state index contributed by atoms with van der Waals surface area (Å²) in [5.74, 6) is 0. The van der Waals surface area contributed by atoms with E-state index in [1.807, 2.05) is 6.20 Å². The van der Waals surface area contributed by atoms with Gasteiger partial charge in [0.2, 0.25) is 0 Å². The highest BCUT2D eigenvalue weighted by atomic mass is 16.3. The minimum Gasteiger partial charge on any atom is -0.395 e. The number of aliphatic hydroxyl groups is 1. The zero-order valence-corrected chi connectivity index (χ0v) is 12.4. The van der Waals surface area contributed by atoms with Crippen LogP contribution in [0.25, 0.3) is 10.9 Å². The molecule has 2 aromatic rings. The van der Waals surface area contributed by atoms with Gasteiger partial charge >= 0.3 is 0 Å². The Kier molecular flexibility index (Phi) is 3.81. The van der Waals surface area contributed by atoms with Gasteiger partial charge in [-0.15, -0.1) is 0 Å². The highest BCUT2D eigenvalue weighted by Gasteiger charge is 2.23. The van der Waals surface area contributed by atoms with Gasteiger partial charge in [0.1, 0.15) is 0 Å². The number of hydrogen-bond donors (Lipinski definition) is 2. The second-order valence-corrected chi connectivity index (χ2v) is 6.06. The molecule has 0 saturated carbocycles. The summed E-state index contributed by atoms with van der Waals surface area (Å²) in [7, 11) is 0. The lowest BCUT2D eigenvalue weighted by Gasteiger charge is -2.35. The number of aromatic amines is 1. The summed E-state index contributed by atoms with van der Waals surface area (Å²) in [6, 6.07) is 4.78. The van der Waals surface area contributed by atoms with E-state index in [4.69, 9.17) is 0 Å². The molecule has 1 aliphatic rings. The summed E-state index contributed by atoms with van der Waals surface area (Å²) < 4.78 is 0. The molecule has 3 nitrogen and oxygen atoms in total. The van der Waals surface area contributed by atoms with Gasteiger partial charge in [-0.25, -0.2) is 0 Å². The first-order valence-corrected chi connectivity index (χ1v) is 7.61. The first-order valence-electron chi connectivity index (χ1n) is 7.61. The third kappa shape index (κ3) is 2.36. The van der Waals surface area contributed by atoms with E-state index < -0.39 is 0 Å². The van der Waals surface area contributed by atoms with Crippen LogP contribution in [0.4, 0.5) is 0 Å². The van der Waals surface area contributed by atoms with Crippen LogP contribution in [0.2, 0.25) is 0 Å². The third-order valence-corrected chi connectivity index (χ3v) is 4.70. The van der Waals surface area contributed by atoms with E-state index in [9.17, 15) is 5.11 Å². The quantitative estimate of drug-likeness (QED) is 0.901. The van der Waals surface area contributed by atoms with Crippen LogP contribution in [-0.4, -0.2) is 34.2 Å². The largest absolute Gasteiger partial charge is 0.395 e. The Bertz CT molecular complexity index is 602. The third-order valence-electron chi connectivity index (χ3n) is 4.70. The van der Waals surface area contributed by atoms with Crippen molar-refractivity contribution in [3.8, 4) is 0 Å². The summed E-state index contributed by atoms with van der Waals surface area (Å²) in [6.07, 6.45) is 5.64. The molecule has 1 atom stereocenters. The molecule has 1 aromatic carbocycles. The van der Waals surface area contributed by atoms with E-state index in [1.165, 1.54) is 40.4 Å². The molecule has 0 spiro atoms. The van der Waals surface area contributed by atoms with E-state index in [-0.39, 0.29) is 6.61 Å². The molecule has 1 unspecified atom stereocenters. The van der Waals surface area contributed by atoms with Crippen LogP contribution in [0, 0.1) is 13.8 Å². The minimum absolute atomic E-state index is 0.279. The van der Waals surface area contributed by atoms with Gasteiger partial charge in [0.15, 0.2) is 0 Å². The van der Waals surface area contributed by atoms with E-state index >= 15 is 0 Å². The van der Waals surface area contributed by atoms with Crippen molar-refractivity contribution in [2.24, 2.45) is 0 Å². The van der Waals surface area contributed by atoms with Gasteiger partial charge in [0.25, 0.3) is 0 Å². The van der Waals surface area contributed by atoms with Crippen molar-refractivity contribution < 1.29 is 5.11 Å². The predicted molar refractivity (Wildman–Crippen MR) is 82.9 cm³/mol. The van der Waals surface area contributed by atoms with Crippen LogP contribution in [0.1, 0.15) is 36.0 Å². The number of hydrogen-bond acceptors (Lipinski definition) is 2. The van der Waals surface area contributed by atoms with Crippen molar-refractivity contribution in [1.29, 1.82) is 0 Å². The van der Waals surface area contributed by atoms with Crippen molar-refractivity contribution in [2.75, 3.05) is 13.2 Å². The molecular weight excluding hydrogens is 248 g/mol. The first-order chi connectivity index (χ1) is 9.70. The van der Waals surface area contributed by atoms with Gasteiger partial charge in [0.05, 0.1) is 6.61 Å². The lowest BCUT2D eigenvalue weighted by atomic mass is 9.97. The number of nitrogens with zero attached hydrogens (tertiary/aromatic N) is 1. The lowest BCUT2D eigenvalue weighted by Crippen LogP contribution is -2.41. The normalized spacial score (nSPS) is 20.6. The number of likely N-dealkylation sites (tertiary alicyclic amines) is 1. The van der Waals surface area contributed by atoms with Gasteiger partial charge in [-0.1, -0.05) is 12.5 Å². The number of aromatic nitrogens is 1. The molecule has 2 N–H and O–H groups in total. The summed E-state index contributed by atoms with van der Waals surface area (Å²) in [4.78, 5) is 5.80. The zero-order valence-electron chi connectivity index (χ0n) is 12.4. The summed E-state index contributed by atoms with van der Waals surface area (Å²) in [5.41, 5.74) is 5.33. The average Bonchev–Trinajstić information content (AvgIpc) is 2.93. The molecule has 0 bridgehead atoms. The van der Waals surface area contributed by atoms with Crippen LogP contribution in [0.5, 0.6) is 0 Å². The van der Waals surface area contributed by atoms with Gasteiger partial charge in [-0.05, 0) is 56.0 Å². The van der Waals surface area contributed by atoms with Crippen LogP contribution in [-0.2, 0) is 6.54 Å². The second kappa shape index (κ2) is 5.58. The molecule has 20 heavy (non-hydrogen) atoms. The molecule has 1 fully saturated rings. The highest BCUT2D eigenvalue weighted by molar-refractivity contribution is 5.86. The maximum Gasteiger partial charge on any atom is 0.0586 e. The molecule has 1 aromatic heterocycles. The number of aryl methyl sites for hydroxylation is 2. The number of aliphatic hydroxyl groups excluding tert-OH is 1. The Balaban J connectivity index is 1.95. The minimum atomic E-state index is 0.279. The Morgan fingerprint density at radius 2 is 2.15 bits per heavy atom. The maximum atomic E-state index is 9.58. The molecular formula is C17H24N2O. The predicted octanol–water partition coefficient (Wildman–Crippen LogP) is 3.13. The Morgan fingerprint density at radius 1 is 1.30 bits per heavy atom. The van der Waals surface area contributed by atoms with Gasteiger partial charge in [-0.3, -0.25) is 4.90 Å². The molecule has 0 amide bonds. The fraction of sp³-hybridized carbons (Fsp3) is 0.529. The smallest absolute Gasteiger partial charge is 0.0586 e. The topological polar surface area (TPSA) is 39.3 Å². The first kappa shape index (κ1) is 13.7. The second-order valence-electron chi connectivity index (χ2n) is 6.06. The number of nitrogens with one attached hydrogen (secondary N) is 1. The molecule has 3 rings (SSSR count). The van der Waals surface area contributed by atoms with E-state index in [0.29, 0.717) is 6.04 Å². The number of fused-ring (bicyclic) bond motifs is 1. The van der Waals surface area contributed by atoms with Crippen molar-refractivity contribution in [2.45, 2.75) is 45.7 Å². The Hall–Kier alpha value is -1.32. The van der Waals surface area contributed by atoms with Crippen LogP contribution in [0.15, 0.2) is 18.3 Å². The molecule has 3 heteroatoms. The molecule has 0 radical (unpaired) electrons. The van der Waals surface area contributed by atoms with E-state index in [2.05, 4.69) is 35.9 Å². The Labute approximate surface area is 120 Å². The molecule has 108 valence electrons. The summed E-state index contributed by atoms with van der Waals surface area (Å²) in [5, 5.41) is 10.9. The number of piperidine rings is 1. The van der Waals surface area contributed by atoms with E-state index in [1.54, 1.807) is 0 Å². The van der Waals surface area contributed by atoms with Crippen LogP contribution < -0.4 is 0 Å². The summed E-state index contributed by atoms with van der Waals surface area (Å²) in [6.45, 7) is 6.69. The van der Waals surface area contributed by atoms with Crippen molar-refractivity contribution in [3.63, 3.8) is 0 Å². The van der Waals surface area contributed by atoms with Crippen molar-refractivity contribution in [1.82, 2.24) is 9.88 Å². The maximum absolute atomic E-state index is 9.58. The number of benzene rings is 1. The molecule has 1 aliphatic heterocycles. The van der Waals surface area contributed by atoms with Crippen LogP contribution in [0.3, 0.4) is 0 Å². The number of rotatable bonds is 3. The molecule has 1 saturated heterocycles. The van der Waals surface area contributed by atoms with Crippen LogP contribution >= 0.6 is 0 Å². The summed E-state index contributed by atoms with van der Waals surface area (Å²) >= 11 is 0. The van der Waals surface area contributed by atoms with Crippen molar-refractivity contribution in [3.05, 3.63) is 35.0 Å². The fourth-order valence-electron chi connectivity index (χ4n) is 3.53. The van der Waals surface area contributed by atoms with Gasteiger partial charge in [0, 0.05) is 29.7 Å². The average molecular weight is 272 g/mol. The fourth-order valence-corrected chi connectivity index (χ4v) is 3.53. The highest BCUT2D eigenvalue weighted by Crippen LogP contribution is 2.28. The monoisotopic (exact) mass is 272 g/mol. The van der Waals surface area contributed by atoms with Gasteiger partial charge in [-0.2, -0.15) is 0 Å². The molecule has 0 aliphatic carbocycles. The standard InChI is InChI=1S/C17H24N2O/c1-12-9-13(2)17-15(6-7-18-17)16(12)10-19-8-4-3-5-14(19)11-20/h6-7,9,14,18,20H,3-5,8,10-11H2,1-2H3. The van der Waals surface area contributed by atoms with Crippen molar-refractivity contribution >= 4 is 10.9 Å². The number of H-pyrrole nitrogens is 1. The lowest BCUT2D eigenvalue weighted by molar-refractivity contribution is 0.0843. The van der Waals surface area contributed by atoms with E-state index in [0.717, 1.165) is 19.5 Å². The van der Waals surface area contributed by atoms with Gasteiger partial charge < -0.3 is 10.1 Å². The zero-order chi connectivity index (χ0) is 14.1. The molecule has 2 heterocycles. The SMILES string of the molecule is Cc1cc(C)c2[nH]ccc2c1CN1CCCCC1CO.